The molecule has 0 saturated heterocycles. The van der Waals surface area contributed by atoms with Gasteiger partial charge in [-0.15, -0.1) is 0 Å². The number of Topliss-reactive ketones (excluding diaryl/α,β-unsaturated/α-hetero) is 1. The Bertz CT molecular complexity index is 802. The number of rotatable bonds is 4. The SMILES string of the molecule is CC(=O)c1cccc[nH+]1.O=[N+]([O-])c1cc([N+](=O)[O-])c([O-])c([N+](=O)[O-])c1. The summed E-state index contributed by atoms with van der Waals surface area (Å²) < 4.78 is 0. The number of H-pyrrole nitrogens is 1. The van der Waals surface area contributed by atoms with Crippen LogP contribution >= 0.6 is 0 Å². The number of hydrogen-bond acceptors (Lipinski definition) is 8. The van der Waals surface area contributed by atoms with Crippen molar-refractivity contribution in [2.75, 3.05) is 0 Å². The fourth-order valence-electron chi connectivity index (χ4n) is 1.57. The van der Waals surface area contributed by atoms with E-state index < -0.39 is 37.6 Å². The predicted octanol–water partition coefficient (Wildman–Crippen LogP) is 1.19. The molecule has 25 heavy (non-hydrogen) atoms. The Morgan fingerprint density at radius 3 is 1.76 bits per heavy atom. The first-order valence-electron chi connectivity index (χ1n) is 6.41. The summed E-state index contributed by atoms with van der Waals surface area (Å²) in [6.45, 7) is 1.53. The molecular weight excluding hydrogens is 340 g/mol. The lowest BCUT2D eigenvalue weighted by Gasteiger charge is -2.06. The summed E-state index contributed by atoms with van der Waals surface area (Å²) in [5, 5.41) is 42.1. The van der Waals surface area contributed by atoms with E-state index in [1.165, 1.54) is 6.92 Å². The van der Waals surface area contributed by atoms with Gasteiger partial charge in [0.2, 0.25) is 11.5 Å². The van der Waals surface area contributed by atoms with E-state index in [-0.39, 0.29) is 5.78 Å². The maximum Gasteiger partial charge on any atom is 0.283 e. The highest BCUT2D eigenvalue weighted by atomic mass is 16.6. The van der Waals surface area contributed by atoms with E-state index in [9.17, 15) is 40.2 Å². The standard InChI is InChI=1S/C7H7NO.C6H3N3O7/c1-6(9)7-4-2-3-5-8-7;10-6-4(8(13)14)1-3(7(11)12)2-5(6)9(15)16/h2-5H,1H3;1-2,10H. The van der Waals surface area contributed by atoms with Crippen LogP contribution in [0.5, 0.6) is 5.75 Å². The summed E-state index contributed by atoms with van der Waals surface area (Å²) in [6, 6.07) is 6.19. The minimum atomic E-state index is -1.46. The Morgan fingerprint density at radius 2 is 1.48 bits per heavy atom. The van der Waals surface area contributed by atoms with E-state index in [4.69, 9.17) is 0 Å². The Balaban J connectivity index is 0.000000293. The summed E-state index contributed by atoms with van der Waals surface area (Å²) in [5.41, 5.74) is -2.61. The molecule has 0 bridgehead atoms. The molecule has 0 saturated carbocycles. The number of aromatic nitrogens is 1. The minimum Gasteiger partial charge on any atom is -0.863 e. The number of non-ortho nitro benzene ring substituents is 1. The van der Waals surface area contributed by atoms with Gasteiger partial charge in [-0.1, -0.05) is 0 Å². The summed E-state index contributed by atoms with van der Waals surface area (Å²) >= 11 is 0. The van der Waals surface area contributed by atoms with Crippen LogP contribution in [0.15, 0.2) is 36.5 Å². The van der Waals surface area contributed by atoms with Crippen molar-refractivity contribution < 1.29 is 29.7 Å². The number of nitrogens with one attached hydrogen (secondary N) is 1. The van der Waals surface area contributed by atoms with Crippen LogP contribution in [-0.2, 0) is 0 Å². The van der Waals surface area contributed by atoms with Gasteiger partial charge in [-0.25, -0.2) is 4.98 Å². The maximum absolute atomic E-state index is 11.1. The molecule has 0 radical (unpaired) electrons. The summed E-state index contributed by atoms with van der Waals surface area (Å²) in [7, 11) is 0. The first kappa shape index (κ1) is 19.1. The van der Waals surface area contributed by atoms with Gasteiger partial charge in [-0.3, -0.25) is 35.1 Å². The van der Waals surface area contributed by atoms with E-state index >= 15 is 0 Å². The molecular formula is C13H10N4O8. The van der Waals surface area contributed by atoms with Gasteiger partial charge in [0.05, 0.1) is 32.7 Å². The number of pyridine rings is 1. The minimum absolute atomic E-state index is 0.0654. The molecule has 0 amide bonds. The molecule has 0 aliphatic rings. The molecule has 0 fully saturated rings. The third-order valence-corrected chi connectivity index (χ3v) is 2.73. The van der Waals surface area contributed by atoms with Crippen LogP contribution in [0, 0.1) is 30.3 Å². The van der Waals surface area contributed by atoms with Gasteiger partial charge < -0.3 is 5.11 Å². The molecule has 12 nitrogen and oxygen atoms in total. The first-order valence-corrected chi connectivity index (χ1v) is 6.41. The quantitative estimate of drug-likeness (QED) is 0.447. The van der Waals surface area contributed by atoms with Crippen LogP contribution in [0.4, 0.5) is 17.1 Å². The molecule has 0 spiro atoms. The second-order valence-electron chi connectivity index (χ2n) is 4.42. The molecule has 0 aliphatic heterocycles. The van der Waals surface area contributed by atoms with Crippen molar-refractivity contribution in [2.45, 2.75) is 6.92 Å². The second kappa shape index (κ2) is 8.05. The van der Waals surface area contributed by atoms with Crippen molar-refractivity contribution in [3.63, 3.8) is 0 Å². The number of nitro groups is 3. The topological polar surface area (TPSA) is 184 Å². The molecule has 2 rings (SSSR count). The Labute approximate surface area is 138 Å². The number of nitro benzene ring substituents is 3. The van der Waals surface area contributed by atoms with Crippen LogP contribution in [0.1, 0.15) is 17.4 Å². The zero-order valence-corrected chi connectivity index (χ0v) is 12.6. The number of carbonyl (C=O) groups excluding carboxylic acids is 1. The molecule has 1 aromatic heterocycles. The van der Waals surface area contributed by atoms with Gasteiger partial charge in [0.25, 0.3) is 17.1 Å². The molecule has 1 aromatic carbocycles. The van der Waals surface area contributed by atoms with E-state index in [0.29, 0.717) is 17.8 Å². The summed E-state index contributed by atoms with van der Waals surface area (Å²) in [6.07, 6.45) is 1.73. The van der Waals surface area contributed by atoms with Gasteiger partial charge >= 0.3 is 0 Å². The fourth-order valence-corrected chi connectivity index (χ4v) is 1.57. The number of hydrogen-bond donors (Lipinski definition) is 0. The van der Waals surface area contributed by atoms with Crippen LogP contribution in [-0.4, -0.2) is 20.6 Å². The number of benzene rings is 1. The van der Waals surface area contributed by atoms with Gasteiger partial charge in [-0.05, 0) is 6.07 Å². The molecule has 2 aromatic rings. The molecule has 0 atom stereocenters. The normalized spacial score (nSPS) is 9.48. The van der Waals surface area contributed by atoms with E-state index in [2.05, 4.69) is 4.98 Å². The van der Waals surface area contributed by atoms with Crippen molar-refractivity contribution in [3.8, 4) is 5.75 Å². The lowest BCUT2D eigenvalue weighted by atomic mass is 10.2. The van der Waals surface area contributed by atoms with Crippen LogP contribution in [0.2, 0.25) is 0 Å². The highest BCUT2D eigenvalue weighted by Gasteiger charge is 2.24. The second-order valence-corrected chi connectivity index (χ2v) is 4.42. The molecule has 1 heterocycles. The Kier molecular flexibility index (Phi) is 6.15. The van der Waals surface area contributed by atoms with Crippen molar-refractivity contribution >= 4 is 22.8 Å². The molecule has 130 valence electrons. The highest BCUT2D eigenvalue weighted by molar-refractivity contribution is 5.90. The van der Waals surface area contributed by atoms with Gasteiger partial charge in [0, 0.05) is 19.1 Å². The third-order valence-electron chi connectivity index (χ3n) is 2.73. The number of aromatic amines is 1. The smallest absolute Gasteiger partial charge is 0.283 e. The lowest BCUT2D eigenvalue weighted by molar-refractivity contribution is -0.420. The zero-order chi connectivity index (χ0) is 19.1. The van der Waals surface area contributed by atoms with E-state index in [1.807, 2.05) is 12.1 Å². The Morgan fingerprint density at radius 1 is 0.960 bits per heavy atom. The molecule has 0 aliphatic carbocycles. The van der Waals surface area contributed by atoms with Gasteiger partial charge in [-0.2, -0.15) is 0 Å². The molecule has 12 heteroatoms. The lowest BCUT2D eigenvalue weighted by Crippen LogP contribution is -2.12. The summed E-state index contributed by atoms with van der Waals surface area (Å²) in [5.74, 6) is -1.39. The van der Waals surface area contributed by atoms with Gasteiger partial charge in [0.15, 0.2) is 6.20 Å². The fraction of sp³-hybridized carbons (Fsp3) is 0.0769. The average Bonchev–Trinajstić information content (AvgIpc) is 2.55. The summed E-state index contributed by atoms with van der Waals surface area (Å²) in [4.78, 5) is 40.9. The molecule has 1 N–H and O–H groups in total. The first-order chi connectivity index (χ1) is 11.6. The number of carbonyl (C=O) groups is 1. The third kappa shape index (κ3) is 5.02. The average molecular weight is 350 g/mol. The van der Waals surface area contributed by atoms with Crippen LogP contribution in [0.25, 0.3) is 0 Å². The van der Waals surface area contributed by atoms with Gasteiger partial charge in [0.1, 0.15) is 0 Å². The van der Waals surface area contributed by atoms with Crippen molar-refractivity contribution in [3.05, 3.63) is 72.6 Å². The predicted molar refractivity (Wildman–Crippen MR) is 78.9 cm³/mol. The Hall–Kier alpha value is -3.96. The van der Waals surface area contributed by atoms with Crippen LogP contribution < -0.4 is 10.1 Å². The van der Waals surface area contributed by atoms with Crippen molar-refractivity contribution in [1.82, 2.24) is 0 Å². The number of nitrogens with zero attached hydrogens (tertiary/aromatic N) is 3. The largest absolute Gasteiger partial charge is 0.863 e. The maximum atomic E-state index is 11.1. The monoisotopic (exact) mass is 350 g/mol. The zero-order valence-electron chi connectivity index (χ0n) is 12.6. The van der Waals surface area contributed by atoms with E-state index in [1.54, 1.807) is 12.3 Å². The van der Waals surface area contributed by atoms with E-state index in [0.717, 1.165) is 0 Å². The highest BCUT2D eigenvalue weighted by Crippen LogP contribution is 2.36. The van der Waals surface area contributed by atoms with Crippen LogP contribution in [0.3, 0.4) is 0 Å². The van der Waals surface area contributed by atoms with Crippen molar-refractivity contribution in [2.24, 2.45) is 0 Å². The number of ketones is 1. The van der Waals surface area contributed by atoms with Crippen molar-refractivity contribution in [1.29, 1.82) is 0 Å². The molecule has 0 unspecified atom stereocenters.